The van der Waals surface area contributed by atoms with Gasteiger partial charge in [0, 0.05) is 6.54 Å². The van der Waals surface area contributed by atoms with Crippen molar-refractivity contribution in [2.24, 2.45) is 5.92 Å². The van der Waals surface area contributed by atoms with Gasteiger partial charge in [0.1, 0.15) is 5.75 Å². The van der Waals surface area contributed by atoms with Crippen molar-refractivity contribution in [3.63, 3.8) is 0 Å². The third kappa shape index (κ3) is 3.33. The average Bonchev–Trinajstić information content (AvgIpc) is 2.90. The maximum atomic E-state index is 12.2. The van der Waals surface area contributed by atoms with E-state index in [1.807, 2.05) is 25.1 Å². The highest BCUT2D eigenvalue weighted by Crippen LogP contribution is 2.29. The molecule has 1 amide bonds. The zero-order valence-corrected chi connectivity index (χ0v) is 12.8. The Bertz CT molecular complexity index is 635. The number of thiazole rings is 1. The molecule has 1 fully saturated rings. The van der Waals surface area contributed by atoms with Crippen molar-refractivity contribution in [1.29, 1.82) is 0 Å². The van der Waals surface area contributed by atoms with Crippen LogP contribution in [0.1, 0.15) is 19.8 Å². The molecule has 0 bridgehead atoms. The van der Waals surface area contributed by atoms with Crippen LogP contribution in [0, 0.1) is 5.92 Å². The molecule has 3 rings (SSSR count). The number of ether oxygens (including phenoxy) is 1. The summed E-state index contributed by atoms with van der Waals surface area (Å²) in [4.78, 5) is 16.7. The molecule has 1 aromatic heterocycles. The molecule has 112 valence electrons. The van der Waals surface area contributed by atoms with Gasteiger partial charge in [-0.1, -0.05) is 11.3 Å². The molecule has 0 saturated carbocycles. The molecule has 1 aliphatic rings. The first-order chi connectivity index (χ1) is 10.3. The lowest BCUT2D eigenvalue weighted by Gasteiger charge is -2.21. The number of nitrogens with zero attached hydrogens (tertiary/aromatic N) is 1. The Morgan fingerprint density at radius 2 is 2.48 bits per heavy atom. The maximum Gasteiger partial charge on any atom is 0.230 e. The number of hydrogen-bond acceptors (Lipinski definition) is 5. The van der Waals surface area contributed by atoms with E-state index < -0.39 is 0 Å². The van der Waals surface area contributed by atoms with Crippen molar-refractivity contribution in [2.75, 3.05) is 25.0 Å². The second-order valence-electron chi connectivity index (χ2n) is 5.11. The molecule has 5 nitrogen and oxygen atoms in total. The largest absolute Gasteiger partial charge is 0.494 e. The molecule has 0 spiro atoms. The Kier molecular flexibility index (Phi) is 4.36. The minimum absolute atomic E-state index is 0.0461. The van der Waals surface area contributed by atoms with Gasteiger partial charge in [0.05, 0.1) is 22.7 Å². The molecular weight excluding hydrogens is 286 g/mol. The number of fused-ring (bicyclic) bond motifs is 1. The zero-order valence-electron chi connectivity index (χ0n) is 12.0. The minimum Gasteiger partial charge on any atom is -0.494 e. The van der Waals surface area contributed by atoms with Crippen molar-refractivity contribution in [2.45, 2.75) is 19.8 Å². The van der Waals surface area contributed by atoms with Crippen LogP contribution in [0.2, 0.25) is 0 Å². The normalized spacial score (nSPS) is 18.6. The summed E-state index contributed by atoms with van der Waals surface area (Å²) in [6.07, 6.45) is 1.99. The Balaban J connectivity index is 1.73. The predicted molar refractivity (Wildman–Crippen MR) is 85.0 cm³/mol. The van der Waals surface area contributed by atoms with Gasteiger partial charge in [0.15, 0.2) is 5.13 Å². The van der Waals surface area contributed by atoms with Gasteiger partial charge in [-0.15, -0.1) is 0 Å². The highest BCUT2D eigenvalue weighted by atomic mass is 32.1. The van der Waals surface area contributed by atoms with Gasteiger partial charge in [0.2, 0.25) is 5.91 Å². The topological polar surface area (TPSA) is 63.2 Å². The van der Waals surface area contributed by atoms with Crippen LogP contribution in [-0.4, -0.2) is 30.6 Å². The summed E-state index contributed by atoms with van der Waals surface area (Å²) in [5, 5.41) is 6.86. The fraction of sp³-hybridized carbons (Fsp3) is 0.467. The first-order valence-electron chi connectivity index (χ1n) is 7.31. The second kappa shape index (κ2) is 6.41. The molecule has 1 aromatic carbocycles. The summed E-state index contributed by atoms with van der Waals surface area (Å²) in [6.45, 7) is 4.36. The van der Waals surface area contributed by atoms with Crippen molar-refractivity contribution >= 4 is 32.6 Å². The van der Waals surface area contributed by atoms with Gasteiger partial charge in [-0.05, 0) is 44.5 Å². The lowest BCUT2D eigenvalue weighted by Crippen LogP contribution is -2.37. The van der Waals surface area contributed by atoms with Gasteiger partial charge in [-0.3, -0.25) is 4.79 Å². The summed E-state index contributed by atoms with van der Waals surface area (Å²) in [7, 11) is 0. The van der Waals surface area contributed by atoms with Crippen LogP contribution in [-0.2, 0) is 4.79 Å². The number of amides is 1. The highest BCUT2D eigenvalue weighted by molar-refractivity contribution is 7.22. The number of nitrogens with one attached hydrogen (secondary N) is 2. The van der Waals surface area contributed by atoms with Gasteiger partial charge >= 0.3 is 0 Å². The molecule has 0 aliphatic carbocycles. The van der Waals surface area contributed by atoms with E-state index in [4.69, 9.17) is 4.74 Å². The van der Waals surface area contributed by atoms with Crippen LogP contribution in [0.3, 0.4) is 0 Å². The number of aromatic nitrogens is 1. The summed E-state index contributed by atoms with van der Waals surface area (Å²) in [5.74, 6) is 0.944. The summed E-state index contributed by atoms with van der Waals surface area (Å²) >= 11 is 1.49. The molecule has 0 radical (unpaired) electrons. The zero-order chi connectivity index (χ0) is 14.7. The summed E-state index contributed by atoms with van der Waals surface area (Å²) in [6, 6.07) is 5.80. The Morgan fingerprint density at radius 1 is 1.57 bits per heavy atom. The molecule has 0 unspecified atom stereocenters. The van der Waals surface area contributed by atoms with Crippen LogP contribution >= 0.6 is 11.3 Å². The van der Waals surface area contributed by atoms with E-state index in [1.165, 1.54) is 11.3 Å². The van der Waals surface area contributed by atoms with E-state index >= 15 is 0 Å². The smallest absolute Gasteiger partial charge is 0.230 e. The summed E-state index contributed by atoms with van der Waals surface area (Å²) < 4.78 is 6.51. The maximum absolute atomic E-state index is 12.2. The summed E-state index contributed by atoms with van der Waals surface area (Å²) in [5.41, 5.74) is 0.889. The van der Waals surface area contributed by atoms with Crippen molar-refractivity contribution < 1.29 is 9.53 Å². The molecule has 2 heterocycles. The molecule has 1 aliphatic heterocycles. The number of carbonyl (C=O) groups excluding carboxylic acids is 1. The van der Waals surface area contributed by atoms with Crippen molar-refractivity contribution in [3.05, 3.63) is 18.2 Å². The average molecular weight is 305 g/mol. The molecule has 2 aromatic rings. The van der Waals surface area contributed by atoms with Crippen LogP contribution in [0.4, 0.5) is 5.13 Å². The Labute approximate surface area is 127 Å². The molecule has 21 heavy (non-hydrogen) atoms. The quantitative estimate of drug-likeness (QED) is 0.911. The van der Waals surface area contributed by atoms with Gasteiger partial charge in [-0.2, -0.15) is 0 Å². The van der Waals surface area contributed by atoms with E-state index in [0.717, 1.165) is 41.9 Å². The first kappa shape index (κ1) is 14.3. The fourth-order valence-electron chi connectivity index (χ4n) is 2.50. The standard InChI is InChI=1S/C15H19N3O2S/c1-2-20-11-5-6-12-13(8-11)21-15(17-12)18-14(19)10-4-3-7-16-9-10/h5-6,8,10,16H,2-4,7,9H2,1H3,(H,17,18,19)/t10-/m0/s1. The highest BCUT2D eigenvalue weighted by Gasteiger charge is 2.21. The number of rotatable bonds is 4. The van der Waals surface area contributed by atoms with Crippen LogP contribution in [0.25, 0.3) is 10.2 Å². The van der Waals surface area contributed by atoms with E-state index in [1.54, 1.807) is 0 Å². The van der Waals surface area contributed by atoms with Crippen LogP contribution in [0.5, 0.6) is 5.75 Å². The lowest BCUT2D eigenvalue weighted by molar-refractivity contribution is -0.120. The first-order valence-corrected chi connectivity index (χ1v) is 8.13. The SMILES string of the molecule is CCOc1ccc2nc(NC(=O)[C@H]3CCCNC3)sc2c1. The minimum atomic E-state index is 0.0461. The molecule has 6 heteroatoms. The Hall–Kier alpha value is -1.66. The molecule has 1 saturated heterocycles. The van der Waals surface area contributed by atoms with Gasteiger partial charge in [0.25, 0.3) is 0 Å². The fourth-order valence-corrected chi connectivity index (χ4v) is 3.40. The van der Waals surface area contributed by atoms with E-state index in [-0.39, 0.29) is 11.8 Å². The number of carbonyl (C=O) groups is 1. The van der Waals surface area contributed by atoms with E-state index in [9.17, 15) is 4.79 Å². The number of hydrogen-bond donors (Lipinski definition) is 2. The van der Waals surface area contributed by atoms with Gasteiger partial charge < -0.3 is 15.4 Å². The monoisotopic (exact) mass is 305 g/mol. The third-order valence-electron chi connectivity index (χ3n) is 3.57. The van der Waals surface area contributed by atoms with Gasteiger partial charge in [-0.25, -0.2) is 4.98 Å². The number of benzene rings is 1. The van der Waals surface area contributed by atoms with E-state index in [2.05, 4.69) is 15.6 Å². The number of anilines is 1. The van der Waals surface area contributed by atoms with Crippen molar-refractivity contribution in [1.82, 2.24) is 10.3 Å². The Morgan fingerprint density at radius 3 is 3.24 bits per heavy atom. The number of piperidine rings is 1. The lowest BCUT2D eigenvalue weighted by atomic mass is 9.99. The van der Waals surface area contributed by atoms with Crippen LogP contribution < -0.4 is 15.4 Å². The van der Waals surface area contributed by atoms with Crippen LogP contribution in [0.15, 0.2) is 18.2 Å². The molecular formula is C15H19N3O2S. The molecule has 2 N–H and O–H groups in total. The van der Waals surface area contributed by atoms with E-state index in [0.29, 0.717) is 11.7 Å². The third-order valence-corrected chi connectivity index (χ3v) is 4.50. The molecule has 1 atom stereocenters. The van der Waals surface area contributed by atoms with Crippen molar-refractivity contribution in [3.8, 4) is 5.75 Å². The predicted octanol–water partition coefficient (Wildman–Crippen LogP) is 2.63. The second-order valence-corrected chi connectivity index (χ2v) is 6.14.